The van der Waals surface area contributed by atoms with Crippen LogP contribution < -0.4 is 16.0 Å². The van der Waals surface area contributed by atoms with Crippen molar-refractivity contribution in [2.45, 2.75) is 45.1 Å². The van der Waals surface area contributed by atoms with Crippen LogP contribution in [0.2, 0.25) is 0 Å². The molecule has 1 aliphatic heterocycles. The smallest absolute Gasteiger partial charge is 0.315 e. The Morgan fingerprint density at radius 1 is 1.29 bits per heavy atom. The highest BCUT2D eigenvalue weighted by atomic mass is 16.2. The predicted molar refractivity (Wildman–Crippen MR) is 68.9 cm³/mol. The van der Waals surface area contributed by atoms with Gasteiger partial charge in [-0.2, -0.15) is 0 Å². The molecule has 1 heterocycles. The highest BCUT2D eigenvalue weighted by Crippen LogP contribution is 2.18. The first-order valence-corrected chi connectivity index (χ1v) is 7.01. The van der Waals surface area contributed by atoms with Gasteiger partial charge in [-0.05, 0) is 44.2 Å². The van der Waals surface area contributed by atoms with Crippen molar-refractivity contribution in [3.63, 3.8) is 0 Å². The first-order valence-electron chi connectivity index (χ1n) is 7.01. The molecular weight excluding hydrogens is 214 g/mol. The summed E-state index contributed by atoms with van der Waals surface area (Å²) in [7, 11) is 0. The van der Waals surface area contributed by atoms with Crippen LogP contribution in [-0.2, 0) is 0 Å². The number of piperidine rings is 1. The molecule has 1 aliphatic carbocycles. The molecule has 3 N–H and O–H groups in total. The van der Waals surface area contributed by atoms with E-state index >= 15 is 0 Å². The first kappa shape index (κ1) is 12.7. The number of amides is 2. The summed E-state index contributed by atoms with van der Waals surface area (Å²) >= 11 is 0. The van der Waals surface area contributed by atoms with Crippen molar-refractivity contribution in [2.75, 3.05) is 19.6 Å². The summed E-state index contributed by atoms with van der Waals surface area (Å²) in [5.74, 6) is 1.29. The monoisotopic (exact) mass is 239 g/mol. The Labute approximate surface area is 104 Å². The van der Waals surface area contributed by atoms with Gasteiger partial charge in [0.1, 0.15) is 0 Å². The van der Waals surface area contributed by atoms with Crippen LogP contribution in [0.15, 0.2) is 0 Å². The fourth-order valence-electron chi connectivity index (χ4n) is 2.86. The predicted octanol–water partition coefficient (Wildman–Crippen LogP) is 1.47. The van der Waals surface area contributed by atoms with E-state index in [4.69, 9.17) is 0 Å². The molecule has 0 spiro atoms. The van der Waals surface area contributed by atoms with Gasteiger partial charge in [0.25, 0.3) is 0 Å². The molecule has 98 valence electrons. The second-order valence-corrected chi connectivity index (χ2v) is 5.57. The van der Waals surface area contributed by atoms with Crippen LogP contribution in [0.1, 0.15) is 39.0 Å². The highest BCUT2D eigenvalue weighted by Gasteiger charge is 2.22. The largest absolute Gasteiger partial charge is 0.338 e. The first-order chi connectivity index (χ1) is 8.25. The molecular formula is C13H25N3O. The summed E-state index contributed by atoms with van der Waals surface area (Å²) in [5, 5.41) is 9.47. The topological polar surface area (TPSA) is 53.2 Å². The van der Waals surface area contributed by atoms with Crippen LogP contribution >= 0.6 is 0 Å². The van der Waals surface area contributed by atoms with Gasteiger partial charge in [-0.15, -0.1) is 0 Å². The third-order valence-electron chi connectivity index (χ3n) is 4.20. The zero-order chi connectivity index (χ0) is 12.1. The van der Waals surface area contributed by atoms with Gasteiger partial charge in [0.05, 0.1) is 0 Å². The van der Waals surface area contributed by atoms with E-state index in [0.29, 0.717) is 17.9 Å². The summed E-state index contributed by atoms with van der Waals surface area (Å²) in [5.41, 5.74) is 0. The third-order valence-corrected chi connectivity index (χ3v) is 4.20. The fraction of sp³-hybridized carbons (Fsp3) is 0.923. The molecule has 4 nitrogen and oxygen atoms in total. The van der Waals surface area contributed by atoms with E-state index in [1.54, 1.807) is 0 Å². The highest BCUT2D eigenvalue weighted by molar-refractivity contribution is 5.74. The maximum atomic E-state index is 11.7. The van der Waals surface area contributed by atoms with Gasteiger partial charge < -0.3 is 16.0 Å². The lowest BCUT2D eigenvalue weighted by Crippen LogP contribution is -2.46. The SMILES string of the molecule is CC1CCNCC1CNC(=O)NC1CCCC1. The fourth-order valence-corrected chi connectivity index (χ4v) is 2.86. The van der Waals surface area contributed by atoms with E-state index in [-0.39, 0.29) is 6.03 Å². The second kappa shape index (κ2) is 6.24. The lowest BCUT2D eigenvalue weighted by molar-refractivity contribution is 0.225. The van der Waals surface area contributed by atoms with Crippen molar-refractivity contribution in [2.24, 2.45) is 11.8 Å². The zero-order valence-corrected chi connectivity index (χ0v) is 10.8. The summed E-state index contributed by atoms with van der Waals surface area (Å²) < 4.78 is 0. The summed E-state index contributed by atoms with van der Waals surface area (Å²) in [4.78, 5) is 11.7. The quantitative estimate of drug-likeness (QED) is 0.698. The van der Waals surface area contributed by atoms with Gasteiger partial charge in [-0.25, -0.2) is 4.79 Å². The van der Waals surface area contributed by atoms with Gasteiger partial charge in [-0.3, -0.25) is 0 Å². The van der Waals surface area contributed by atoms with E-state index in [1.807, 2.05) is 0 Å². The van der Waals surface area contributed by atoms with Crippen molar-refractivity contribution in [3.8, 4) is 0 Å². The minimum Gasteiger partial charge on any atom is -0.338 e. The minimum absolute atomic E-state index is 0.0228. The second-order valence-electron chi connectivity index (χ2n) is 5.57. The van der Waals surface area contributed by atoms with Crippen LogP contribution in [0.25, 0.3) is 0 Å². The Morgan fingerprint density at radius 3 is 2.76 bits per heavy atom. The lowest BCUT2D eigenvalue weighted by Gasteiger charge is -2.29. The molecule has 2 rings (SSSR count). The average Bonchev–Trinajstić information content (AvgIpc) is 2.81. The summed E-state index contributed by atoms with van der Waals surface area (Å²) in [6, 6.07) is 0.437. The third kappa shape index (κ3) is 3.87. The number of nitrogens with one attached hydrogen (secondary N) is 3. The molecule has 2 amide bonds. The molecule has 2 fully saturated rings. The normalized spacial score (nSPS) is 30.2. The molecule has 4 heteroatoms. The lowest BCUT2D eigenvalue weighted by atomic mass is 9.88. The number of carbonyl (C=O) groups excluding carboxylic acids is 1. The Balaban J connectivity index is 1.64. The zero-order valence-electron chi connectivity index (χ0n) is 10.8. The van der Waals surface area contributed by atoms with E-state index in [1.165, 1.54) is 19.3 Å². The van der Waals surface area contributed by atoms with Gasteiger partial charge in [0, 0.05) is 12.6 Å². The van der Waals surface area contributed by atoms with Gasteiger partial charge in [0.2, 0.25) is 0 Å². The number of carbonyl (C=O) groups is 1. The molecule has 2 atom stereocenters. The van der Waals surface area contributed by atoms with E-state index in [9.17, 15) is 4.79 Å². The van der Waals surface area contributed by atoms with Crippen LogP contribution in [-0.4, -0.2) is 31.7 Å². The van der Waals surface area contributed by atoms with Crippen LogP contribution in [0.5, 0.6) is 0 Å². The Bertz CT molecular complexity index is 251. The van der Waals surface area contributed by atoms with Crippen molar-refractivity contribution in [1.82, 2.24) is 16.0 Å². The van der Waals surface area contributed by atoms with Crippen LogP contribution in [0.3, 0.4) is 0 Å². The maximum Gasteiger partial charge on any atom is 0.315 e. The molecule has 1 saturated heterocycles. The number of urea groups is 1. The maximum absolute atomic E-state index is 11.7. The Morgan fingerprint density at radius 2 is 2.06 bits per heavy atom. The Kier molecular flexibility index (Phi) is 4.66. The molecule has 2 aliphatic rings. The minimum atomic E-state index is 0.0228. The molecule has 2 unspecified atom stereocenters. The van der Waals surface area contributed by atoms with Gasteiger partial charge >= 0.3 is 6.03 Å². The van der Waals surface area contributed by atoms with E-state index in [0.717, 1.165) is 32.5 Å². The van der Waals surface area contributed by atoms with E-state index in [2.05, 4.69) is 22.9 Å². The van der Waals surface area contributed by atoms with E-state index < -0.39 is 0 Å². The van der Waals surface area contributed by atoms with Gasteiger partial charge in [0.15, 0.2) is 0 Å². The number of rotatable bonds is 3. The summed E-state index contributed by atoms with van der Waals surface area (Å²) in [6.45, 7) is 5.23. The van der Waals surface area contributed by atoms with Crippen molar-refractivity contribution < 1.29 is 4.79 Å². The van der Waals surface area contributed by atoms with Crippen molar-refractivity contribution >= 4 is 6.03 Å². The summed E-state index contributed by atoms with van der Waals surface area (Å²) in [6.07, 6.45) is 6.03. The molecule has 0 aromatic rings. The molecule has 0 bridgehead atoms. The molecule has 17 heavy (non-hydrogen) atoms. The number of hydrogen-bond donors (Lipinski definition) is 3. The molecule has 0 aromatic carbocycles. The molecule has 0 radical (unpaired) electrons. The van der Waals surface area contributed by atoms with Crippen molar-refractivity contribution in [1.29, 1.82) is 0 Å². The van der Waals surface area contributed by atoms with Gasteiger partial charge in [-0.1, -0.05) is 19.8 Å². The van der Waals surface area contributed by atoms with Crippen LogP contribution in [0, 0.1) is 11.8 Å². The standard InChI is InChI=1S/C13H25N3O/c1-10-6-7-14-8-11(10)9-15-13(17)16-12-4-2-3-5-12/h10-12,14H,2-9H2,1H3,(H2,15,16,17). The Hall–Kier alpha value is -0.770. The molecule has 1 saturated carbocycles. The number of hydrogen-bond acceptors (Lipinski definition) is 2. The van der Waals surface area contributed by atoms with Crippen LogP contribution in [0.4, 0.5) is 4.79 Å². The van der Waals surface area contributed by atoms with Crippen molar-refractivity contribution in [3.05, 3.63) is 0 Å². The average molecular weight is 239 g/mol. The molecule has 0 aromatic heterocycles.